The Bertz CT molecular complexity index is 2050. The number of para-hydroxylation sites is 1. The normalized spacial score (nSPS) is 13.7. The van der Waals surface area contributed by atoms with Crippen LogP contribution in [0.4, 0.5) is 0 Å². The van der Waals surface area contributed by atoms with Crippen molar-refractivity contribution in [3.05, 3.63) is 127 Å². The van der Waals surface area contributed by atoms with Crippen LogP contribution in [0.2, 0.25) is 0 Å². The van der Waals surface area contributed by atoms with E-state index in [9.17, 15) is 0 Å². The van der Waals surface area contributed by atoms with Gasteiger partial charge in [-0.2, -0.15) is 0 Å². The van der Waals surface area contributed by atoms with Gasteiger partial charge in [-0.15, -0.1) is 0 Å². The Kier molecular flexibility index (Phi) is 4.28. The van der Waals surface area contributed by atoms with E-state index in [0.717, 1.165) is 39.5 Å². The molecule has 0 fully saturated rings. The smallest absolute Gasteiger partial charge is 0.165 e. The third-order valence-electron chi connectivity index (χ3n) is 8.12. The highest BCUT2D eigenvalue weighted by Crippen LogP contribution is 2.48. The second-order valence-electron chi connectivity index (χ2n) is 10.7. The van der Waals surface area contributed by atoms with Crippen LogP contribution < -0.4 is 0 Å². The molecule has 8 rings (SSSR count). The van der Waals surface area contributed by atoms with Crippen LogP contribution >= 0.6 is 0 Å². The van der Waals surface area contributed by atoms with Crippen molar-refractivity contribution in [1.29, 1.82) is 0 Å². The predicted molar refractivity (Wildman–Crippen MR) is 157 cm³/mol. The summed E-state index contributed by atoms with van der Waals surface area (Å²) in [6, 6.07) is 40.9. The number of nitrogens with zero attached hydrogens (tertiary/aromatic N) is 3. The van der Waals surface area contributed by atoms with Gasteiger partial charge in [0.2, 0.25) is 0 Å². The molecule has 3 heteroatoms. The number of rotatable bonds is 2. The molecule has 180 valence electrons. The minimum atomic E-state index is -0.224. The lowest BCUT2D eigenvalue weighted by molar-refractivity contribution is 0.635. The maximum atomic E-state index is 5.49. The first-order valence-corrected chi connectivity index (χ1v) is 13.1. The fourth-order valence-corrected chi connectivity index (χ4v) is 6.24. The van der Waals surface area contributed by atoms with Crippen LogP contribution in [0.1, 0.15) is 25.1 Å². The van der Waals surface area contributed by atoms with E-state index in [2.05, 4.69) is 134 Å². The summed E-state index contributed by atoms with van der Waals surface area (Å²) in [6.45, 7) is 4.51. The highest BCUT2D eigenvalue weighted by atomic mass is 15.1. The molecular formula is C35H25N3. The van der Waals surface area contributed by atoms with Crippen molar-refractivity contribution >= 4 is 32.6 Å². The van der Waals surface area contributed by atoms with Crippen molar-refractivity contribution in [1.82, 2.24) is 14.5 Å². The Balaban J connectivity index is 1.55. The van der Waals surface area contributed by atoms with E-state index in [-0.39, 0.29) is 5.41 Å². The molecule has 5 aromatic carbocycles. The molecule has 0 N–H and O–H groups in total. The first-order chi connectivity index (χ1) is 18.6. The number of aromatic nitrogens is 3. The zero-order valence-corrected chi connectivity index (χ0v) is 21.3. The molecule has 0 spiro atoms. The van der Waals surface area contributed by atoms with E-state index in [0.29, 0.717) is 0 Å². The van der Waals surface area contributed by atoms with E-state index in [4.69, 9.17) is 9.97 Å². The summed E-state index contributed by atoms with van der Waals surface area (Å²) >= 11 is 0. The highest BCUT2D eigenvalue weighted by molar-refractivity contribution is 6.13. The monoisotopic (exact) mass is 487 g/mol. The maximum absolute atomic E-state index is 5.49. The number of fused-ring (bicyclic) bond motifs is 7. The zero-order valence-electron chi connectivity index (χ0n) is 21.3. The third-order valence-corrected chi connectivity index (χ3v) is 8.12. The molecule has 3 nitrogen and oxygen atoms in total. The molecule has 2 aromatic heterocycles. The Hall–Kier alpha value is -4.76. The van der Waals surface area contributed by atoms with E-state index in [1.54, 1.807) is 0 Å². The Labute approximate surface area is 221 Å². The molecule has 0 unspecified atom stereocenters. The molecule has 0 saturated carbocycles. The summed E-state index contributed by atoms with van der Waals surface area (Å²) in [5.41, 5.74) is 8.48. The molecule has 1 aliphatic rings. The SMILES string of the molecule is CC1(C)c2ccccc2-c2nc(-n3c4ccccc4c4cc5ccccc5cc43)c(-c3ccccc3)nc21. The molecule has 0 bridgehead atoms. The molecule has 38 heavy (non-hydrogen) atoms. The number of hydrogen-bond donors (Lipinski definition) is 0. The topological polar surface area (TPSA) is 30.7 Å². The minimum Gasteiger partial charge on any atom is -0.292 e. The first kappa shape index (κ1) is 21.3. The van der Waals surface area contributed by atoms with Crippen molar-refractivity contribution < 1.29 is 0 Å². The summed E-state index contributed by atoms with van der Waals surface area (Å²) in [7, 11) is 0. The summed E-state index contributed by atoms with van der Waals surface area (Å²) in [4.78, 5) is 10.9. The molecule has 0 saturated heterocycles. The van der Waals surface area contributed by atoms with E-state index >= 15 is 0 Å². The lowest BCUT2D eigenvalue weighted by atomic mass is 9.85. The molecule has 0 atom stereocenters. The second kappa shape index (κ2) is 7.62. The van der Waals surface area contributed by atoms with Gasteiger partial charge < -0.3 is 0 Å². The summed E-state index contributed by atoms with van der Waals surface area (Å²) in [5, 5.41) is 4.89. The van der Waals surface area contributed by atoms with Crippen LogP contribution in [0.3, 0.4) is 0 Å². The molecule has 0 amide bonds. The van der Waals surface area contributed by atoms with Crippen LogP contribution in [0.25, 0.3) is 60.9 Å². The zero-order chi connectivity index (χ0) is 25.4. The lowest BCUT2D eigenvalue weighted by Gasteiger charge is -2.21. The lowest BCUT2D eigenvalue weighted by Crippen LogP contribution is -2.18. The van der Waals surface area contributed by atoms with Gasteiger partial charge in [0, 0.05) is 27.3 Å². The van der Waals surface area contributed by atoms with Gasteiger partial charge in [-0.1, -0.05) is 111 Å². The Morgan fingerprint density at radius 1 is 0.579 bits per heavy atom. The maximum Gasteiger partial charge on any atom is 0.165 e. The van der Waals surface area contributed by atoms with E-state index in [1.807, 2.05) is 0 Å². The quantitative estimate of drug-likeness (QED) is 0.244. The first-order valence-electron chi connectivity index (χ1n) is 13.1. The molecule has 1 aliphatic carbocycles. The molecule has 7 aromatic rings. The molecular weight excluding hydrogens is 462 g/mol. The van der Waals surface area contributed by atoms with E-state index in [1.165, 1.54) is 32.7 Å². The third kappa shape index (κ3) is 2.84. The van der Waals surface area contributed by atoms with Crippen molar-refractivity contribution in [2.24, 2.45) is 0 Å². The van der Waals surface area contributed by atoms with Crippen LogP contribution in [0, 0.1) is 0 Å². The van der Waals surface area contributed by atoms with Gasteiger partial charge in [0.25, 0.3) is 0 Å². The minimum absolute atomic E-state index is 0.224. The average molecular weight is 488 g/mol. The van der Waals surface area contributed by atoms with Gasteiger partial charge in [0.05, 0.1) is 22.4 Å². The van der Waals surface area contributed by atoms with E-state index < -0.39 is 0 Å². The summed E-state index contributed by atoms with van der Waals surface area (Å²) in [5.74, 6) is 0.865. The Morgan fingerprint density at radius 3 is 2.11 bits per heavy atom. The van der Waals surface area contributed by atoms with Crippen LogP contribution in [0.15, 0.2) is 115 Å². The van der Waals surface area contributed by atoms with Gasteiger partial charge in [-0.25, -0.2) is 9.97 Å². The van der Waals surface area contributed by atoms with Crippen molar-refractivity contribution in [3.8, 4) is 28.3 Å². The van der Waals surface area contributed by atoms with Crippen LogP contribution in [-0.4, -0.2) is 14.5 Å². The van der Waals surface area contributed by atoms with Gasteiger partial charge in [0.1, 0.15) is 5.69 Å². The summed E-state index contributed by atoms with van der Waals surface area (Å²) < 4.78 is 2.32. The largest absolute Gasteiger partial charge is 0.292 e. The predicted octanol–water partition coefficient (Wildman–Crippen LogP) is 8.70. The summed E-state index contributed by atoms with van der Waals surface area (Å²) in [6.07, 6.45) is 0. The second-order valence-corrected chi connectivity index (χ2v) is 10.7. The fraction of sp³-hybridized carbons (Fsp3) is 0.0857. The molecule has 2 heterocycles. The van der Waals surface area contributed by atoms with Gasteiger partial charge >= 0.3 is 0 Å². The van der Waals surface area contributed by atoms with Gasteiger partial charge in [0.15, 0.2) is 5.82 Å². The molecule has 0 aliphatic heterocycles. The van der Waals surface area contributed by atoms with Crippen molar-refractivity contribution in [2.45, 2.75) is 19.3 Å². The number of hydrogen-bond acceptors (Lipinski definition) is 2. The standard InChI is InChI=1S/C35H25N3/c1-35(2)28-18-10-8-17-26(28)32-33(35)36-31(22-12-4-3-5-13-22)34(37-32)38-29-19-11-9-16-25(29)27-20-23-14-6-7-15-24(23)21-30(27)38/h3-21H,1-2H3. The average Bonchev–Trinajstić information content (AvgIpc) is 3.40. The van der Waals surface area contributed by atoms with Crippen LogP contribution in [-0.2, 0) is 5.41 Å². The molecule has 0 radical (unpaired) electrons. The van der Waals surface area contributed by atoms with Crippen molar-refractivity contribution in [2.75, 3.05) is 0 Å². The number of benzene rings is 5. The fourth-order valence-electron chi connectivity index (χ4n) is 6.24. The van der Waals surface area contributed by atoms with Crippen LogP contribution in [0.5, 0.6) is 0 Å². The van der Waals surface area contributed by atoms with Gasteiger partial charge in [-0.05, 0) is 34.5 Å². The van der Waals surface area contributed by atoms with Gasteiger partial charge in [-0.3, -0.25) is 4.57 Å². The highest BCUT2D eigenvalue weighted by Gasteiger charge is 2.39. The Morgan fingerprint density at radius 2 is 1.26 bits per heavy atom. The van der Waals surface area contributed by atoms with Crippen molar-refractivity contribution in [3.63, 3.8) is 0 Å².